The highest BCUT2D eigenvalue weighted by atomic mass is 16.1. The van der Waals surface area contributed by atoms with Gasteiger partial charge in [-0.1, -0.05) is 39.8 Å². The lowest BCUT2D eigenvalue weighted by Gasteiger charge is -2.12. The molecule has 5 heteroatoms. The maximum Gasteiger partial charge on any atom is 0.227 e. The summed E-state index contributed by atoms with van der Waals surface area (Å²) in [5, 5.41) is 10.2. The third-order valence-corrected chi connectivity index (χ3v) is 3.54. The van der Waals surface area contributed by atoms with Crippen molar-refractivity contribution in [1.29, 1.82) is 0 Å². The zero-order chi connectivity index (χ0) is 15.4. The molecule has 0 saturated heterocycles. The lowest BCUT2D eigenvalue weighted by atomic mass is 10.1. The van der Waals surface area contributed by atoms with Gasteiger partial charge in [-0.3, -0.25) is 9.89 Å². The van der Waals surface area contributed by atoms with Crippen molar-refractivity contribution in [3.8, 4) is 11.4 Å². The number of nitrogens with zero attached hydrogens (tertiary/aromatic N) is 2. The molecule has 0 aliphatic rings. The first kappa shape index (κ1) is 15.2. The molecule has 2 N–H and O–H groups in total. The Morgan fingerprint density at radius 1 is 1.29 bits per heavy atom. The smallest absolute Gasteiger partial charge is 0.227 e. The highest BCUT2D eigenvalue weighted by Crippen LogP contribution is 2.26. The minimum absolute atomic E-state index is 0.0172. The molecule has 2 aromatic rings. The Morgan fingerprint density at radius 2 is 2.00 bits per heavy atom. The molecule has 0 aliphatic heterocycles. The van der Waals surface area contributed by atoms with E-state index >= 15 is 0 Å². The van der Waals surface area contributed by atoms with E-state index in [0.717, 1.165) is 23.5 Å². The van der Waals surface area contributed by atoms with Crippen LogP contribution in [0.15, 0.2) is 24.3 Å². The van der Waals surface area contributed by atoms with Crippen LogP contribution < -0.4 is 5.32 Å². The van der Waals surface area contributed by atoms with Gasteiger partial charge in [0.25, 0.3) is 0 Å². The van der Waals surface area contributed by atoms with E-state index in [-0.39, 0.29) is 17.7 Å². The third-order valence-electron chi connectivity index (χ3n) is 3.54. The molecule has 1 aromatic carbocycles. The summed E-state index contributed by atoms with van der Waals surface area (Å²) >= 11 is 0. The average molecular weight is 286 g/mol. The maximum atomic E-state index is 12.1. The van der Waals surface area contributed by atoms with Crippen molar-refractivity contribution >= 4 is 11.6 Å². The van der Waals surface area contributed by atoms with E-state index in [1.165, 1.54) is 0 Å². The molecule has 1 amide bonds. The van der Waals surface area contributed by atoms with E-state index in [1.54, 1.807) is 0 Å². The Labute approximate surface area is 125 Å². The number of hydrogen-bond donors (Lipinski definition) is 2. The fourth-order valence-electron chi connectivity index (χ4n) is 1.88. The zero-order valence-electron chi connectivity index (χ0n) is 13.0. The number of carbonyl (C=O) groups is 1. The van der Waals surface area contributed by atoms with Crippen molar-refractivity contribution in [3.63, 3.8) is 0 Å². The summed E-state index contributed by atoms with van der Waals surface area (Å²) < 4.78 is 0. The van der Waals surface area contributed by atoms with Crippen molar-refractivity contribution in [2.24, 2.45) is 5.92 Å². The number of H-pyrrole nitrogens is 1. The molecule has 0 saturated carbocycles. The van der Waals surface area contributed by atoms with Crippen LogP contribution in [0.3, 0.4) is 0 Å². The molecule has 0 bridgehead atoms. The van der Waals surface area contributed by atoms with Crippen LogP contribution in [0, 0.1) is 5.92 Å². The van der Waals surface area contributed by atoms with Crippen LogP contribution in [0.25, 0.3) is 11.4 Å². The predicted octanol–water partition coefficient (Wildman–Crippen LogP) is 3.58. The van der Waals surface area contributed by atoms with E-state index in [0.29, 0.717) is 5.82 Å². The zero-order valence-corrected chi connectivity index (χ0v) is 13.0. The minimum atomic E-state index is -0.0172. The standard InChI is InChI=1S/C16H22N4O/c1-5-11(4)16(21)17-13-9-7-6-8-12(13)15-18-14(10(2)3)19-20-15/h6-11H,5H2,1-4H3,(H,17,21)(H,18,19,20)/t11-/m0/s1. The molecular weight excluding hydrogens is 264 g/mol. The summed E-state index contributed by atoms with van der Waals surface area (Å²) in [5.41, 5.74) is 1.58. The van der Waals surface area contributed by atoms with Gasteiger partial charge in [0.2, 0.25) is 5.91 Å². The van der Waals surface area contributed by atoms with Gasteiger partial charge in [0.15, 0.2) is 5.82 Å². The lowest BCUT2D eigenvalue weighted by molar-refractivity contribution is -0.119. The number of amides is 1. The van der Waals surface area contributed by atoms with Gasteiger partial charge in [-0.2, -0.15) is 5.10 Å². The summed E-state index contributed by atoms with van der Waals surface area (Å²) in [4.78, 5) is 16.6. The summed E-state index contributed by atoms with van der Waals surface area (Å²) in [5.74, 6) is 1.74. The van der Waals surface area contributed by atoms with Crippen LogP contribution in [-0.2, 0) is 4.79 Å². The first-order chi connectivity index (χ1) is 10.0. The van der Waals surface area contributed by atoms with Gasteiger partial charge in [-0.25, -0.2) is 4.98 Å². The summed E-state index contributed by atoms with van der Waals surface area (Å²) in [6.07, 6.45) is 0.812. The maximum absolute atomic E-state index is 12.1. The Balaban J connectivity index is 2.30. The van der Waals surface area contributed by atoms with Crippen LogP contribution in [0.2, 0.25) is 0 Å². The van der Waals surface area contributed by atoms with E-state index in [4.69, 9.17) is 0 Å². The van der Waals surface area contributed by atoms with Gasteiger partial charge in [0, 0.05) is 17.4 Å². The molecular formula is C16H22N4O. The molecule has 1 heterocycles. The van der Waals surface area contributed by atoms with Crippen molar-refractivity contribution in [3.05, 3.63) is 30.1 Å². The highest BCUT2D eigenvalue weighted by molar-refractivity contribution is 5.95. The summed E-state index contributed by atoms with van der Waals surface area (Å²) in [6, 6.07) is 7.60. The largest absolute Gasteiger partial charge is 0.325 e. The molecule has 0 fully saturated rings. The lowest BCUT2D eigenvalue weighted by Crippen LogP contribution is -2.20. The molecule has 1 aromatic heterocycles. The number of aromatic amines is 1. The fourth-order valence-corrected chi connectivity index (χ4v) is 1.88. The van der Waals surface area contributed by atoms with Gasteiger partial charge in [-0.05, 0) is 18.6 Å². The number of hydrogen-bond acceptors (Lipinski definition) is 3. The van der Waals surface area contributed by atoms with Gasteiger partial charge >= 0.3 is 0 Å². The number of rotatable bonds is 5. The molecule has 0 spiro atoms. The van der Waals surface area contributed by atoms with E-state index < -0.39 is 0 Å². The second-order valence-corrected chi connectivity index (χ2v) is 5.54. The number of carbonyl (C=O) groups excluding carboxylic acids is 1. The normalized spacial score (nSPS) is 12.4. The number of nitrogens with one attached hydrogen (secondary N) is 2. The van der Waals surface area contributed by atoms with Crippen molar-refractivity contribution in [2.75, 3.05) is 5.32 Å². The van der Waals surface area contributed by atoms with E-state index in [2.05, 4.69) is 34.3 Å². The molecule has 1 atom stereocenters. The van der Waals surface area contributed by atoms with Gasteiger partial charge in [0.1, 0.15) is 5.82 Å². The Kier molecular flexibility index (Phi) is 4.73. The van der Waals surface area contributed by atoms with Crippen molar-refractivity contribution < 1.29 is 4.79 Å². The van der Waals surface area contributed by atoms with E-state index in [1.807, 2.05) is 38.1 Å². The Bertz CT molecular complexity index is 618. The minimum Gasteiger partial charge on any atom is -0.325 e. The predicted molar refractivity (Wildman–Crippen MR) is 84.0 cm³/mol. The van der Waals surface area contributed by atoms with Gasteiger partial charge in [0.05, 0.1) is 5.69 Å². The summed E-state index contributed by atoms with van der Waals surface area (Å²) in [6.45, 7) is 8.03. The molecule has 2 rings (SSSR count). The Morgan fingerprint density at radius 3 is 2.62 bits per heavy atom. The third kappa shape index (κ3) is 3.48. The number of para-hydroxylation sites is 1. The monoisotopic (exact) mass is 286 g/mol. The number of aromatic nitrogens is 3. The topological polar surface area (TPSA) is 70.7 Å². The SMILES string of the molecule is CC[C@H](C)C(=O)Nc1ccccc1-c1n[nH]c(C(C)C)n1. The number of benzene rings is 1. The van der Waals surface area contributed by atoms with Crippen LogP contribution in [0.4, 0.5) is 5.69 Å². The molecule has 5 nitrogen and oxygen atoms in total. The van der Waals surface area contributed by atoms with Gasteiger partial charge in [-0.15, -0.1) is 0 Å². The number of anilines is 1. The second-order valence-electron chi connectivity index (χ2n) is 5.54. The molecule has 112 valence electrons. The summed E-state index contributed by atoms with van der Waals surface area (Å²) in [7, 11) is 0. The highest BCUT2D eigenvalue weighted by Gasteiger charge is 2.16. The second kappa shape index (κ2) is 6.52. The Hall–Kier alpha value is -2.17. The average Bonchev–Trinajstić information content (AvgIpc) is 2.96. The van der Waals surface area contributed by atoms with Crippen LogP contribution in [0.5, 0.6) is 0 Å². The van der Waals surface area contributed by atoms with Crippen LogP contribution >= 0.6 is 0 Å². The van der Waals surface area contributed by atoms with Crippen LogP contribution in [-0.4, -0.2) is 21.1 Å². The quantitative estimate of drug-likeness (QED) is 0.882. The molecule has 21 heavy (non-hydrogen) atoms. The first-order valence-electron chi connectivity index (χ1n) is 7.35. The van der Waals surface area contributed by atoms with Crippen molar-refractivity contribution in [2.45, 2.75) is 40.0 Å². The van der Waals surface area contributed by atoms with Crippen molar-refractivity contribution in [1.82, 2.24) is 15.2 Å². The van der Waals surface area contributed by atoms with E-state index in [9.17, 15) is 4.79 Å². The molecule has 0 unspecified atom stereocenters. The van der Waals surface area contributed by atoms with Gasteiger partial charge < -0.3 is 5.32 Å². The molecule has 0 radical (unpaired) electrons. The van der Waals surface area contributed by atoms with Crippen LogP contribution in [0.1, 0.15) is 45.9 Å². The fraction of sp³-hybridized carbons (Fsp3) is 0.438. The first-order valence-corrected chi connectivity index (χ1v) is 7.35. The molecule has 0 aliphatic carbocycles.